The van der Waals surface area contributed by atoms with Gasteiger partial charge in [0, 0.05) is 0 Å². The standard InChI is InChI=1S/C29H38O/c1-3-5-7-9-23-30-29-21-19-28(20-22-29)27-17-15-26(16-18-27)25-13-11-24(12-14-25)10-8-6-4-2/h3,5,7,9,11-18,28-29H,4,6,8,10,19-23H2,1-2H3/b5-3+,9-7+. The number of benzene rings is 2. The fourth-order valence-electron chi connectivity index (χ4n) is 4.39. The largest absolute Gasteiger partial charge is 0.374 e. The number of hydrogen-bond donors (Lipinski definition) is 0. The van der Waals surface area contributed by atoms with Crippen molar-refractivity contribution in [1.29, 1.82) is 0 Å². The summed E-state index contributed by atoms with van der Waals surface area (Å²) in [6.45, 7) is 5.02. The van der Waals surface area contributed by atoms with Gasteiger partial charge in [-0.1, -0.05) is 92.6 Å². The molecule has 1 heteroatoms. The summed E-state index contributed by atoms with van der Waals surface area (Å²) in [4.78, 5) is 0. The molecular formula is C29H38O. The van der Waals surface area contributed by atoms with Crippen molar-refractivity contribution in [2.75, 3.05) is 6.61 Å². The van der Waals surface area contributed by atoms with E-state index in [1.807, 2.05) is 19.1 Å². The van der Waals surface area contributed by atoms with Crippen LogP contribution in [0.25, 0.3) is 11.1 Å². The average Bonchev–Trinajstić information content (AvgIpc) is 2.80. The van der Waals surface area contributed by atoms with Gasteiger partial charge in [-0.2, -0.15) is 0 Å². The van der Waals surface area contributed by atoms with Crippen molar-refractivity contribution in [3.8, 4) is 11.1 Å². The Bertz CT molecular complexity index is 774. The van der Waals surface area contributed by atoms with Gasteiger partial charge >= 0.3 is 0 Å². The van der Waals surface area contributed by atoms with Gasteiger partial charge in [-0.15, -0.1) is 0 Å². The molecule has 0 amide bonds. The lowest BCUT2D eigenvalue weighted by Gasteiger charge is -2.28. The normalized spacial score (nSPS) is 19.7. The van der Waals surface area contributed by atoms with Gasteiger partial charge in [-0.3, -0.25) is 0 Å². The first-order valence-corrected chi connectivity index (χ1v) is 11.9. The molecule has 0 atom stereocenters. The van der Waals surface area contributed by atoms with Crippen LogP contribution in [-0.4, -0.2) is 12.7 Å². The summed E-state index contributed by atoms with van der Waals surface area (Å²) in [6.07, 6.45) is 18.6. The van der Waals surface area contributed by atoms with Crippen LogP contribution in [0, 0.1) is 0 Å². The highest BCUT2D eigenvalue weighted by molar-refractivity contribution is 5.64. The first-order valence-electron chi connectivity index (χ1n) is 11.9. The number of aryl methyl sites for hydroxylation is 1. The van der Waals surface area contributed by atoms with E-state index in [9.17, 15) is 0 Å². The highest BCUT2D eigenvalue weighted by Gasteiger charge is 2.22. The number of unbranched alkanes of at least 4 members (excludes halogenated alkanes) is 2. The Balaban J connectivity index is 1.48. The van der Waals surface area contributed by atoms with E-state index in [0.29, 0.717) is 12.0 Å². The molecule has 3 rings (SSSR count). The second kappa shape index (κ2) is 12.5. The van der Waals surface area contributed by atoms with E-state index in [0.717, 1.165) is 6.61 Å². The molecule has 0 saturated heterocycles. The lowest BCUT2D eigenvalue weighted by Crippen LogP contribution is -2.20. The van der Waals surface area contributed by atoms with E-state index in [1.54, 1.807) is 0 Å². The SMILES string of the molecule is C/C=C/C=C/COC1CCC(c2ccc(-c3ccc(CCCCC)cc3)cc2)CC1. The van der Waals surface area contributed by atoms with Crippen LogP contribution in [0.2, 0.25) is 0 Å². The third-order valence-corrected chi connectivity index (χ3v) is 6.28. The van der Waals surface area contributed by atoms with Crippen molar-refractivity contribution in [2.24, 2.45) is 0 Å². The van der Waals surface area contributed by atoms with E-state index in [1.165, 1.54) is 73.6 Å². The highest BCUT2D eigenvalue weighted by Crippen LogP contribution is 2.35. The Kier molecular flexibility index (Phi) is 9.44. The van der Waals surface area contributed by atoms with E-state index in [4.69, 9.17) is 4.74 Å². The zero-order valence-corrected chi connectivity index (χ0v) is 18.9. The minimum atomic E-state index is 0.423. The molecule has 0 heterocycles. The Morgan fingerprint density at radius 3 is 2.13 bits per heavy atom. The van der Waals surface area contributed by atoms with Crippen LogP contribution in [-0.2, 0) is 11.2 Å². The summed E-state index contributed by atoms with van der Waals surface area (Å²) in [7, 11) is 0. The molecule has 30 heavy (non-hydrogen) atoms. The summed E-state index contributed by atoms with van der Waals surface area (Å²) in [5.74, 6) is 0.679. The summed E-state index contributed by atoms with van der Waals surface area (Å²) in [5, 5.41) is 0. The average molecular weight is 403 g/mol. The summed E-state index contributed by atoms with van der Waals surface area (Å²) in [6, 6.07) is 18.5. The lowest BCUT2D eigenvalue weighted by atomic mass is 9.82. The number of allylic oxidation sites excluding steroid dienone is 3. The molecule has 1 aliphatic carbocycles. The van der Waals surface area contributed by atoms with Gasteiger partial charge in [-0.05, 0) is 73.6 Å². The molecule has 0 spiro atoms. The summed E-state index contributed by atoms with van der Waals surface area (Å²) in [5.41, 5.74) is 5.59. The summed E-state index contributed by atoms with van der Waals surface area (Å²) >= 11 is 0. The van der Waals surface area contributed by atoms with E-state index in [-0.39, 0.29) is 0 Å². The van der Waals surface area contributed by atoms with Gasteiger partial charge in [0.15, 0.2) is 0 Å². The van der Waals surface area contributed by atoms with E-state index in [2.05, 4.69) is 67.6 Å². The van der Waals surface area contributed by atoms with Gasteiger partial charge in [0.2, 0.25) is 0 Å². The molecule has 1 fully saturated rings. The van der Waals surface area contributed by atoms with Crippen LogP contribution in [0.15, 0.2) is 72.8 Å². The zero-order chi connectivity index (χ0) is 21.0. The van der Waals surface area contributed by atoms with Gasteiger partial charge in [0.25, 0.3) is 0 Å². The maximum atomic E-state index is 6.01. The van der Waals surface area contributed by atoms with Gasteiger partial charge in [-0.25, -0.2) is 0 Å². The van der Waals surface area contributed by atoms with Gasteiger partial charge < -0.3 is 4.74 Å². The molecule has 0 unspecified atom stereocenters. The number of rotatable bonds is 10. The molecule has 0 aromatic heterocycles. The molecule has 1 saturated carbocycles. The van der Waals surface area contributed by atoms with Gasteiger partial charge in [0.1, 0.15) is 0 Å². The third-order valence-electron chi connectivity index (χ3n) is 6.28. The maximum absolute atomic E-state index is 6.01. The quantitative estimate of drug-likeness (QED) is 0.287. The molecule has 1 aliphatic rings. The van der Waals surface area contributed by atoms with Crippen molar-refractivity contribution in [3.63, 3.8) is 0 Å². The van der Waals surface area contributed by atoms with Crippen LogP contribution < -0.4 is 0 Å². The minimum Gasteiger partial charge on any atom is -0.374 e. The van der Waals surface area contributed by atoms with E-state index < -0.39 is 0 Å². The van der Waals surface area contributed by atoms with Crippen LogP contribution in [0.5, 0.6) is 0 Å². The third kappa shape index (κ3) is 6.99. The molecule has 2 aromatic carbocycles. The zero-order valence-electron chi connectivity index (χ0n) is 18.9. The maximum Gasteiger partial charge on any atom is 0.0654 e. The topological polar surface area (TPSA) is 9.23 Å². The Hall–Kier alpha value is -2.12. The van der Waals surface area contributed by atoms with Crippen LogP contribution >= 0.6 is 0 Å². The van der Waals surface area contributed by atoms with Crippen molar-refractivity contribution >= 4 is 0 Å². The molecule has 0 radical (unpaired) electrons. The van der Waals surface area contributed by atoms with Crippen LogP contribution in [0.4, 0.5) is 0 Å². The van der Waals surface area contributed by atoms with E-state index >= 15 is 0 Å². The van der Waals surface area contributed by atoms with Crippen LogP contribution in [0.1, 0.15) is 75.8 Å². The molecule has 0 N–H and O–H groups in total. The first kappa shape index (κ1) is 22.6. The number of hydrogen-bond acceptors (Lipinski definition) is 1. The summed E-state index contributed by atoms with van der Waals surface area (Å²) < 4.78 is 6.01. The predicted octanol–water partition coefficient (Wildman–Crippen LogP) is 8.26. The highest BCUT2D eigenvalue weighted by atomic mass is 16.5. The molecule has 0 bridgehead atoms. The monoisotopic (exact) mass is 402 g/mol. The number of ether oxygens (including phenoxy) is 1. The second-order valence-electron chi connectivity index (χ2n) is 8.54. The fourth-order valence-corrected chi connectivity index (χ4v) is 4.39. The molecule has 1 nitrogen and oxygen atoms in total. The van der Waals surface area contributed by atoms with Gasteiger partial charge in [0.05, 0.1) is 12.7 Å². The van der Waals surface area contributed by atoms with Crippen molar-refractivity contribution in [1.82, 2.24) is 0 Å². The second-order valence-corrected chi connectivity index (χ2v) is 8.54. The molecular weight excluding hydrogens is 364 g/mol. The van der Waals surface area contributed by atoms with Crippen LogP contribution in [0.3, 0.4) is 0 Å². The Morgan fingerprint density at radius 2 is 1.50 bits per heavy atom. The minimum absolute atomic E-state index is 0.423. The first-order chi connectivity index (χ1) is 14.8. The Labute approximate surface area is 183 Å². The lowest BCUT2D eigenvalue weighted by molar-refractivity contribution is 0.0422. The molecule has 0 aliphatic heterocycles. The fraction of sp³-hybridized carbons (Fsp3) is 0.448. The van der Waals surface area contributed by atoms with Crippen molar-refractivity contribution < 1.29 is 4.74 Å². The van der Waals surface area contributed by atoms with Crippen molar-refractivity contribution in [2.45, 2.75) is 77.2 Å². The predicted molar refractivity (Wildman–Crippen MR) is 130 cm³/mol. The molecule has 160 valence electrons. The Morgan fingerprint density at radius 1 is 0.833 bits per heavy atom. The molecule has 2 aromatic rings. The van der Waals surface area contributed by atoms with Crippen molar-refractivity contribution in [3.05, 3.63) is 84.0 Å². The smallest absolute Gasteiger partial charge is 0.0654 e.